The Morgan fingerprint density at radius 1 is 1.37 bits per heavy atom. The quantitative estimate of drug-likeness (QED) is 0.463. The molecule has 0 spiro atoms. The Bertz CT molecular complexity index is 1110. The van der Waals surface area contributed by atoms with Gasteiger partial charge in [0.05, 0.1) is 12.1 Å². The van der Waals surface area contributed by atoms with E-state index in [4.69, 9.17) is 23.2 Å². The zero-order valence-electron chi connectivity index (χ0n) is 17.0. The van der Waals surface area contributed by atoms with Crippen molar-refractivity contribution in [1.82, 2.24) is 25.1 Å². The van der Waals surface area contributed by atoms with Crippen molar-refractivity contribution in [2.75, 3.05) is 18.4 Å². The molecule has 0 aliphatic carbocycles. The number of hydrogen-bond donors (Lipinski definition) is 4. The Kier molecular flexibility index (Phi) is 5.42. The number of hydrogen-bond acceptors (Lipinski definition) is 5. The number of carbonyl (C=O) groups is 1. The van der Waals surface area contributed by atoms with Gasteiger partial charge in [0, 0.05) is 23.0 Å². The highest BCUT2D eigenvalue weighted by Gasteiger charge is 2.28. The monoisotopic (exact) mass is 450 g/mol. The Labute approximate surface area is 184 Å². The van der Waals surface area contributed by atoms with Crippen LogP contribution in [0, 0.1) is 0 Å². The molecule has 3 heterocycles. The highest BCUT2D eigenvalue weighted by atomic mass is 35.5. The molecule has 0 saturated carbocycles. The van der Waals surface area contributed by atoms with Crippen LogP contribution in [0.3, 0.4) is 0 Å². The van der Waals surface area contributed by atoms with E-state index in [1.807, 2.05) is 12.1 Å². The van der Waals surface area contributed by atoms with Gasteiger partial charge in [-0.15, -0.1) is 0 Å². The topological polar surface area (TPSA) is 108 Å². The molecule has 0 radical (unpaired) electrons. The second-order valence-corrected chi connectivity index (χ2v) is 9.31. The molecule has 4 rings (SSSR count). The number of imidazole rings is 1. The molecule has 2 aromatic heterocycles. The molecule has 1 aromatic carbocycles. The summed E-state index contributed by atoms with van der Waals surface area (Å²) in [4.78, 5) is 16.1. The smallest absolute Gasteiger partial charge is 0.355 e. The summed E-state index contributed by atoms with van der Waals surface area (Å²) in [5, 5.41) is 25.1. The van der Waals surface area contributed by atoms with E-state index < -0.39 is 5.97 Å². The first-order valence-corrected chi connectivity index (χ1v) is 10.5. The van der Waals surface area contributed by atoms with Crippen molar-refractivity contribution in [3.63, 3.8) is 0 Å². The van der Waals surface area contributed by atoms with Crippen molar-refractivity contribution in [2.45, 2.75) is 45.2 Å². The van der Waals surface area contributed by atoms with Crippen molar-refractivity contribution in [2.24, 2.45) is 0 Å². The summed E-state index contributed by atoms with van der Waals surface area (Å²) in [5.74, 6) is 0.131. The summed E-state index contributed by atoms with van der Waals surface area (Å²) in [6.45, 7) is 8.11. The molecule has 8 nitrogen and oxygen atoms in total. The Morgan fingerprint density at radius 3 is 2.77 bits per heavy atom. The van der Waals surface area contributed by atoms with E-state index in [1.165, 1.54) is 0 Å². The van der Waals surface area contributed by atoms with Crippen LogP contribution in [0.1, 0.15) is 55.1 Å². The molecule has 1 aliphatic rings. The van der Waals surface area contributed by atoms with Gasteiger partial charge in [0.25, 0.3) is 0 Å². The highest BCUT2D eigenvalue weighted by Crippen LogP contribution is 2.35. The lowest BCUT2D eigenvalue weighted by atomic mass is 9.86. The molecule has 0 amide bonds. The Hall–Kier alpha value is -2.29. The number of halogens is 2. The summed E-state index contributed by atoms with van der Waals surface area (Å²) in [5.41, 5.74) is 1.75. The number of benzene rings is 1. The lowest BCUT2D eigenvalue weighted by Crippen LogP contribution is -2.21. The lowest BCUT2D eigenvalue weighted by Gasteiger charge is -2.20. The molecule has 1 atom stereocenters. The number of fused-ring (bicyclic) bond motifs is 1. The number of carboxylic acid groups (broad SMARTS) is 1. The van der Waals surface area contributed by atoms with Gasteiger partial charge >= 0.3 is 5.97 Å². The SMILES string of the molecule is CC(C)(C)c1cc2c(NCc3nc(Cl)c(C(=O)O)n3C3CCNC3)n[nH]c2cc1Cl. The van der Waals surface area contributed by atoms with Gasteiger partial charge < -0.3 is 20.3 Å². The second kappa shape index (κ2) is 7.76. The van der Waals surface area contributed by atoms with Crippen molar-refractivity contribution in [1.29, 1.82) is 0 Å². The summed E-state index contributed by atoms with van der Waals surface area (Å²) in [6.07, 6.45) is 0.818. The number of anilines is 1. The molecule has 30 heavy (non-hydrogen) atoms. The van der Waals surface area contributed by atoms with Crippen LogP contribution >= 0.6 is 23.2 Å². The number of nitrogens with one attached hydrogen (secondary N) is 3. The summed E-state index contributed by atoms with van der Waals surface area (Å²) in [6, 6.07) is 3.90. The van der Waals surface area contributed by atoms with Gasteiger partial charge in [-0.1, -0.05) is 44.0 Å². The fourth-order valence-electron chi connectivity index (χ4n) is 3.93. The fraction of sp³-hybridized carbons (Fsp3) is 0.450. The number of aromatic carboxylic acids is 1. The van der Waals surface area contributed by atoms with E-state index in [1.54, 1.807) is 4.57 Å². The lowest BCUT2D eigenvalue weighted by molar-refractivity contribution is 0.0682. The standard InChI is InChI=1S/C20H24Cl2N6O2/c1-20(2,3)12-6-11-14(7-13(12)21)26-27-18(11)24-9-15-25-17(22)16(19(29)30)28(15)10-4-5-23-8-10/h6-7,10,23H,4-5,8-9H2,1-3H3,(H,29,30)(H2,24,26,27). The highest BCUT2D eigenvalue weighted by molar-refractivity contribution is 6.32. The number of aromatic amines is 1. The molecule has 1 fully saturated rings. The summed E-state index contributed by atoms with van der Waals surface area (Å²) >= 11 is 12.6. The minimum atomic E-state index is -1.08. The number of rotatable bonds is 5. The van der Waals surface area contributed by atoms with E-state index in [-0.39, 0.29) is 28.8 Å². The first-order chi connectivity index (χ1) is 14.2. The summed E-state index contributed by atoms with van der Waals surface area (Å²) in [7, 11) is 0. The van der Waals surface area contributed by atoms with E-state index in [0.717, 1.165) is 29.4 Å². The summed E-state index contributed by atoms with van der Waals surface area (Å²) < 4.78 is 1.73. The van der Waals surface area contributed by atoms with E-state index in [0.29, 0.717) is 23.2 Å². The van der Waals surface area contributed by atoms with Crippen LogP contribution in [-0.2, 0) is 12.0 Å². The fourth-order valence-corrected chi connectivity index (χ4v) is 4.64. The molecule has 4 N–H and O–H groups in total. The molecular formula is C20H24Cl2N6O2. The number of nitrogens with zero attached hydrogens (tertiary/aromatic N) is 3. The van der Waals surface area contributed by atoms with E-state index in [2.05, 4.69) is 46.6 Å². The molecule has 3 aromatic rings. The van der Waals surface area contributed by atoms with Crippen LogP contribution in [0.2, 0.25) is 10.2 Å². The maximum Gasteiger partial charge on any atom is 0.355 e. The van der Waals surface area contributed by atoms with Crippen molar-refractivity contribution >= 4 is 45.9 Å². The molecule has 1 saturated heterocycles. The third-order valence-electron chi connectivity index (χ3n) is 5.42. The van der Waals surface area contributed by atoms with Crippen LogP contribution in [0.4, 0.5) is 5.82 Å². The number of carboxylic acids is 1. The van der Waals surface area contributed by atoms with Crippen LogP contribution in [0.15, 0.2) is 12.1 Å². The van der Waals surface area contributed by atoms with Crippen LogP contribution in [-0.4, -0.2) is 43.9 Å². The first-order valence-electron chi connectivity index (χ1n) is 9.79. The van der Waals surface area contributed by atoms with E-state index >= 15 is 0 Å². The molecule has 1 unspecified atom stereocenters. The average Bonchev–Trinajstić information content (AvgIpc) is 3.36. The second-order valence-electron chi connectivity index (χ2n) is 8.54. The van der Waals surface area contributed by atoms with Crippen molar-refractivity contribution in [3.05, 3.63) is 39.4 Å². The predicted octanol–water partition coefficient (Wildman–Crippen LogP) is 4.21. The van der Waals surface area contributed by atoms with Gasteiger partial charge in [-0.25, -0.2) is 9.78 Å². The molecule has 1 aliphatic heterocycles. The maximum atomic E-state index is 11.8. The normalized spacial score (nSPS) is 17.0. The minimum absolute atomic E-state index is 0.000105. The predicted molar refractivity (Wildman–Crippen MR) is 118 cm³/mol. The first kappa shape index (κ1) is 21.0. The third kappa shape index (κ3) is 3.75. The largest absolute Gasteiger partial charge is 0.476 e. The molecule has 0 bridgehead atoms. The van der Waals surface area contributed by atoms with Gasteiger partial charge in [0.15, 0.2) is 16.7 Å². The maximum absolute atomic E-state index is 11.8. The zero-order valence-corrected chi connectivity index (χ0v) is 18.5. The molecule has 160 valence electrons. The Balaban J connectivity index is 1.68. The van der Waals surface area contributed by atoms with Crippen LogP contribution < -0.4 is 10.6 Å². The van der Waals surface area contributed by atoms with Gasteiger partial charge in [-0.2, -0.15) is 5.10 Å². The number of aromatic nitrogens is 4. The van der Waals surface area contributed by atoms with Crippen molar-refractivity contribution < 1.29 is 9.90 Å². The van der Waals surface area contributed by atoms with Gasteiger partial charge in [-0.3, -0.25) is 5.10 Å². The van der Waals surface area contributed by atoms with Crippen LogP contribution in [0.25, 0.3) is 10.9 Å². The number of H-pyrrole nitrogens is 1. The average molecular weight is 451 g/mol. The minimum Gasteiger partial charge on any atom is -0.476 e. The van der Waals surface area contributed by atoms with Crippen molar-refractivity contribution in [3.8, 4) is 0 Å². The molecular weight excluding hydrogens is 427 g/mol. The third-order valence-corrected chi connectivity index (χ3v) is 5.99. The molecule has 10 heteroatoms. The van der Waals surface area contributed by atoms with Gasteiger partial charge in [0.1, 0.15) is 5.82 Å². The zero-order chi connectivity index (χ0) is 21.6. The van der Waals surface area contributed by atoms with Gasteiger partial charge in [0.2, 0.25) is 0 Å². The van der Waals surface area contributed by atoms with Crippen LogP contribution in [0.5, 0.6) is 0 Å². The Morgan fingerprint density at radius 2 is 2.13 bits per heavy atom. The van der Waals surface area contributed by atoms with Gasteiger partial charge in [-0.05, 0) is 36.1 Å². The van der Waals surface area contributed by atoms with E-state index in [9.17, 15) is 9.90 Å².